The van der Waals surface area contributed by atoms with E-state index in [0.29, 0.717) is 17.8 Å². The maximum atomic E-state index is 13.5. The fourth-order valence-corrected chi connectivity index (χ4v) is 3.39. The quantitative estimate of drug-likeness (QED) is 0.896. The summed E-state index contributed by atoms with van der Waals surface area (Å²) in [4.78, 5) is 17.5. The molecule has 0 bridgehead atoms. The van der Waals surface area contributed by atoms with Gasteiger partial charge in [0.1, 0.15) is 11.5 Å². The Morgan fingerprint density at radius 3 is 2.82 bits per heavy atom. The average Bonchev–Trinajstić information content (AvgIpc) is 3.02. The number of aromatic nitrogens is 1. The van der Waals surface area contributed by atoms with Crippen LogP contribution in [0.2, 0.25) is 0 Å². The third kappa shape index (κ3) is 2.50. The first kappa shape index (κ1) is 15.0. The van der Waals surface area contributed by atoms with E-state index in [4.69, 9.17) is 0 Å². The van der Waals surface area contributed by atoms with Crippen molar-refractivity contribution < 1.29 is 14.3 Å². The molecule has 118 valence electrons. The highest BCUT2D eigenvalue weighted by Crippen LogP contribution is 2.29. The number of rotatable bonds is 2. The van der Waals surface area contributed by atoms with Crippen LogP contribution in [-0.4, -0.2) is 39.1 Å². The highest BCUT2D eigenvalue weighted by Gasteiger charge is 2.39. The Balaban J connectivity index is 1.97. The van der Waals surface area contributed by atoms with Crippen LogP contribution in [-0.2, 0) is 0 Å². The van der Waals surface area contributed by atoms with E-state index in [1.165, 1.54) is 12.1 Å². The maximum Gasteiger partial charge on any atom is 0.270 e. The Labute approximate surface area is 128 Å². The molecule has 0 saturated carbocycles. The van der Waals surface area contributed by atoms with Crippen molar-refractivity contribution in [2.45, 2.75) is 45.3 Å². The number of carbonyl (C=O) groups is 1. The van der Waals surface area contributed by atoms with E-state index < -0.39 is 5.60 Å². The highest BCUT2D eigenvalue weighted by molar-refractivity contribution is 5.99. The lowest BCUT2D eigenvalue weighted by atomic mass is 9.96. The van der Waals surface area contributed by atoms with Gasteiger partial charge >= 0.3 is 0 Å². The molecule has 1 aromatic carbocycles. The molecule has 0 aliphatic carbocycles. The number of nitrogens with zero attached hydrogens (tertiary/aromatic N) is 1. The number of aliphatic hydroxyl groups is 1. The number of hydrogen-bond donors (Lipinski definition) is 2. The first-order valence-electron chi connectivity index (χ1n) is 7.59. The van der Waals surface area contributed by atoms with Crippen molar-refractivity contribution in [1.82, 2.24) is 9.88 Å². The third-order valence-electron chi connectivity index (χ3n) is 4.47. The first-order valence-corrected chi connectivity index (χ1v) is 7.59. The molecule has 2 N–H and O–H groups in total. The van der Waals surface area contributed by atoms with Crippen LogP contribution in [0.15, 0.2) is 18.2 Å². The summed E-state index contributed by atoms with van der Waals surface area (Å²) in [5.74, 6) is -0.456. The number of fused-ring (bicyclic) bond motifs is 1. The van der Waals surface area contributed by atoms with E-state index in [2.05, 4.69) is 4.98 Å². The SMILES string of the molecule is Cc1cc(F)cc2[nH]c(C(=O)N3CCCC3C(C)(C)O)cc12. The van der Waals surface area contributed by atoms with Crippen molar-refractivity contribution in [2.24, 2.45) is 0 Å². The van der Waals surface area contributed by atoms with Crippen molar-refractivity contribution in [3.8, 4) is 0 Å². The molecule has 1 aliphatic heterocycles. The summed E-state index contributed by atoms with van der Waals surface area (Å²) < 4.78 is 13.5. The van der Waals surface area contributed by atoms with Gasteiger partial charge in [-0.2, -0.15) is 0 Å². The van der Waals surface area contributed by atoms with Crippen molar-refractivity contribution in [1.29, 1.82) is 0 Å². The molecule has 1 atom stereocenters. The van der Waals surface area contributed by atoms with Gasteiger partial charge in [-0.15, -0.1) is 0 Å². The largest absolute Gasteiger partial charge is 0.388 e. The topological polar surface area (TPSA) is 56.3 Å². The number of aromatic amines is 1. The van der Waals surface area contributed by atoms with Crippen LogP contribution in [0.4, 0.5) is 4.39 Å². The molecule has 2 aromatic rings. The lowest BCUT2D eigenvalue weighted by Crippen LogP contribution is -2.48. The van der Waals surface area contributed by atoms with Gasteiger partial charge in [-0.25, -0.2) is 4.39 Å². The summed E-state index contributed by atoms with van der Waals surface area (Å²) in [6.45, 7) is 5.92. The number of halogens is 1. The fourth-order valence-electron chi connectivity index (χ4n) is 3.39. The molecule has 1 aliphatic rings. The van der Waals surface area contributed by atoms with Crippen LogP contribution in [0.5, 0.6) is 0 Å². The second kappa shape index (κ2) is 5.09. The smallest absolute Gasteiger partial charge is 0.270 e. The molecule has 1 fully saturated rings. The van der Waals surface area contributed by atoms with Gasteiger partial charge in [-0.05, 0) is 57.4 Å². The number of amides is 1. The zero-order valence-corrected chi connectivity index (χ0v) is 13.1. The molecule has 1 unspecified atom stereocenters. The van der Waals surface area contributed by atoms with Crippen molar-refractivity contribution >= 4 is 16.8 Å². The molecule has 5 heteroatoms. The van der Waals surface area contributed by atoms with E-state index in [1.807, 2.05) is 6.92 Å². The first-order chi connectivity index (χ1) is 10.3. The molecule has 1 saturated heterocycles. The molecule has 0 radical (unpaired) electrons. The Kier molecular flexibility index (Phi) is 3.48. The minimum Gasteiger partial charge on any atom is -0.388 e. The number of aryl methyl sites for hydroxylation is 1. The number of nitrogens with one attached hydrogen (secondary N) is 1. The Hall–Kier alpha value is -1.88. The fraction of sp³-hybridized carbons (Fsp3) is 0.471. The van der Waals surface area contributed by atoms with Crippen LogP contribution in [0.3, 0.4) is 0 Å². The van der Waals surface area contributed by atoms with E-state index in [-0.39, 0.29) is 17.8 Å². The van der Waals surface area contributed by atoms with Gasteiger partial charge in [0.25, 0.3) is 5.91 Å². The summed E-state index contributed by atoms with van der Waals surface area (Å²) in [5.41, 5.74) is 0.936. The average molecular weight is 304 g/mol. The molecule has 4 nitrogen and oxygen atoms in total. The molecular formula is C17H21FN2O2. The minimum atomic E-state index is -0.930. The molecule has 22 heavy (non-hydrogen) atoms. The van der Waals surface area contributed by atoms with Crippen LogP contribution < -0.4 is 0 Å². The summed E-state index contributed by atoms with van der Waals surface area (Å²) in [6.07, 6.45) is 1.68. The number of likely N-dealkylation sites (tertiary alicyclic amines) is 1. The Morgan fingerprint density at radius 1 is 1.41 bits per heavy atom. The summed E-state index contributed by atoms with van der Waals surface area (Å²) in [5, 5.41) is 11.1. The minimum absolute atomic E-state index is 0.138. The third-order valence-corrected chi connectivity index (χ3v) is 4.47. The zero-order valence-electron chi connectivity index (χ0n) is 13.1. The van der Waals surface area contributed by atoms with E-state index in [9.17, 15) is 14.3 Å². The predicted molar refractivity (Wildman–Crippen MR) is 83.4 cm³/mol. The van der Waals surface area contributed by atoms with Crippen LogP contribution >= 0.6 is 0 Å². The Morgan fingerprint density at radius 2 is 2.14 bits per heavy atom. The second-order valence-corrected chi connectivity index (χ2v) is 6.68. The van der Waals surface area contributed by atoms with Crippen molar-refractivity contribution in [3.63, 3.8) is 0 Å². The van der Waals surface area contributed by atoms with Gasteiger partial charge in [0.05, 0.1) is 11.6 Å². The lowest BCUT2D eigenvalue weighted by Gasteiger charge is -2.33. The van der Waals surface area contributed by atoms with Gasteiger partial charge in [-0.3, -0.25) is 4.79 Å². The summed E-state index contributed by atoms with van der Waals surface area (Å²) in [6, 6.07) is 4.44. The molecule has 3 rings (SSSR count). The zero-order chi connectivity index (χ0) is 16.1. The van der Waals surface area contributed by atoms with E-state index in [0.717, 1.165) is 23.8 Å². The van der Waals surface area contributed by atoms with Gasteiger partial charge in [-0.1, -0.05) is 0 Å². The number of hydrogen-bond acceptors (Lipinski definition) is 2. The van der Waals surface area contributed by atoms with Crippen LogP contribution in [0.25, 0.3) is 10.9 Å². The maximum absolute atomic E-state index is 13.5. The van der Waals surface area contributed by atoms with E-state index >= 15 is 0 Å². The number of H-pyrrole nitrogens is 1. The molecule has 2 heterocycles. The monoisotopic (exact) mass is 304 g/mol. The Bertz CT molecular complexity index is 730. The highest BCUT2D eigenvalue weighted by atomic mass is 19.1. The van der Waals surface area contributed by atoms with Crippen LogP contribution in [0, 0.1) is 12.7 Å². The summed E-state index contributed by atoms with van der Waals surface area (Å²) in [7, 11) is 0. The van der Waals surface area contributed by atoms with E-state index in [1.54, 1.807) is 24.8 Å². The van der Waals surface area contributed by atoms with Gasteiger partial charge in [0, 0.05) is 17.4 Å². The van der Waals surface area contributed by atoms with Crippen LogP contribution in [0.1, 0.15) is 42.7 Å². The van der Waals surface area contributed by atoms with Crippen molar-refractivity contribution in [3.05, 3.63) is 35.3 Å². The van der Waals surface area contributed by atoms with Gasteiger partial charge < -0.3 is 15.0 Å². The number of benzene rings is 1. The molecule has 1 aromatic heterocycles. The lowest BCUT2D eigenvalue weighted by molar-refractivity contribution is 0.000157. The van der Waals surface area contributed by atoms with Gasteiger partial charge in [0.15, 0.2) is 0 Å². The van der Waals surface area contributed by atoms with Crippen molar-refractivity contribution in [2.75, 3.05) is 6.54 Å². The molecule has 0 spiro atoms. The normalized spacial score (nSPS) is 19.1. The summed E-state index contributed by atoms with van der Waals surface area (Å²) >= 11 is 0. The number of carbonyl (C=O) groups excluding carboxylic acids is 1. The molecular weight excluding hydrogens is 283 g/mol. The second-order valence-electron chi connectivity index (χ2n) is 6.68. The standard InChI is InChI=1S/C17H21FN2O2/c1-10-7-11(18)8-13-12(10)9-14(19-13)16(21)20-6-4-5-15(20)17(2,3)22/h7-9,15,19,22H,4-6H2,1-3H3. The molecule has 1 amide bonds. The predicted octanol–water partition coefficient (Wildman–Crippen LogP) is 2.99. The van der Waals surface area contributed by atoms with Gasteiger partial charge in [0.2, 0.25) is 0 Å².